The number of Topliss-reactive ketones (excluding diaryl/α,β-unsaturated/α-hetero) is 2. The maximum absolute atomic E-state index is 12.0. The minimum atomic E-state index is -0.150. The van der Waals surface area contributed by atoms with Gasteiger partial charge in [-0.05, 0) is 36.4 Å². The third kappa shape index (κ3) is 3.45. The number of carbonyl (C=O) groups is 2. The molecule has 0 saturated heterocycles. The van der Waals surface area contributed by atoms with Crippen molar-refractivity contribution < 1.29 is 14.7 Å². The Morgan fingerprint density at radius 1 is 0.900 bits per heavy atom. The summed E-state index contributed by atoms with van der Waals surface area (Å²) < 4.78 is 0. The summed E-state index contributed by atoms with van der Waals surface area (Å²) in [7, 11) is 0. The monoisotopic (exact) mass is 288 g/mol. The van der Waals surface area contributed by atoms with Gasteiger partial charge in [0.05, 0.1) is 5.02 Å². The predicted octanol–water partition coefficient (Wildman–Crippen LogP) is 3.89. The molecular formula is C16H13ClO3. The number of phenols is 1. The molecule has 0 aromatic heterocycles. The summed E-state index contributed by atoms with van der Waals surface area (Å²) in [6.45, 7) is 0. The number of halogens is 1. The molecular weight excluding hydrogens is 276 g/mol. The average Bonchev–Trinajstić information content (AvgIpc) is 2.45. The van der Waals surface area contributed by atoms with Gasteiger partial charge in [-0.15, -0.1) is 0 Å². The topological polar surface area (TPSA) is 54.4 Å². The fourth-order valence-electron chi connectivity index (χ4n) is 1.84. The van der Waals surface area contributed by atoms with E-state index < -0.39 is 0 Å². The van der Waals surface area contributed by atoms with Crippen LogP contribution in [-0.4, -0.2) is 16.7 Å². The van der Waals surface area contributed by atoms with E-state index in [4.69, 9.17) is 16.7 Å². The first-order valence-corrected chi connectivity index (χ1v) is 6.55. The summed E-state index contributed by atoms with van der Waals surface area (Å²) in [5.74, 6) is -0.179. The predicted molar refractivity (Wildman–Crippen MR) is 77.5 cm³/mol. The van der Waals surface area contributed by atoms with Crippen LogP contribution in [0.2, 0.25) is 5.02 Å². The number of benzene rings is 2. The van der Waals surface area contributed by atoms with E-state index in [1.54, 1.807) is 24.3 Å². The summed E-state index contributed by atoms with van der Waals surface area (Å²) in [4.78, 5) is 23.9. The van der Waals surface area contributed by atoms with Gasteiger partial charge in [-0.1, -0.05) is 23.7 Å². The maximum Gasteiger partial charge on any atom is 0.164 e. The van der Waals surface area contributed by atoms with Gasteiger partial charge < -0.3 is 5.11 Å². The first-order chi connectivity index (χ1) is 9.58. The van der Waals surface area contributed by atoms with Crippen molar-refractivity contribution in [3.63, 3.8) is 0 Å². The Kier molecular flexibility index (Phi) is 4.53. The molecule has 0 heterocycles. The Morgan fingerprint density at radius 3 is 2.15 bits per heavy atom. The van der Waals surface area contributed by atoms with Gasteiger partial charge >= 0.3 is 0 Å². The molecule has 4 heteroatoms. The van der Waals surface area contributed by atoms with E-state index in [0.29, 0.717) is 16.1 Å². The zero-order valence-corrected chi connectivity index (χ0v) is 11.4. The first-order valence-electron chi connectivity index (χ1n) is 6.18. The zero-order valence-electron chi connectivity index (χ0n) is 10.7. The molecule has 3 nitrogen and oxygen atoms in total. The van der Waals surface area contributed by atoms with Crippen molar-refractivity contribution in [1.82, 2.24) is 0 Å². The van der Waals surface area contributed by atoms with Crippen molar-refractivity contribution >= 4 is 23.2 Å². The van der Waals surface area contributed by atoms with Gasteiger partial charge in [0.25, 0.3) is 0 Å². The molecule has 0 bridgehead atoms. The highest BCUT2D eigenvalue weighted by molar-refractivity contribution is 6.34. The van der Waals surface area contributed by atoms with Crippen LogP contribution in [-0.2, 0) is 0 Å². The van der Waals surface area contributed by atoms with Crippen LogP contribution in [0.3, 0.4) is 0 Å². The highest BCUT2D eigenvalue weighted by Gasteiger charge is 2.13. The van der Waals surface area contributed by atoms with Crippen molar-refractivity contribution in [1.29, 1.82) is 0 Å². The Morgan fingerprint density at radius 2 is 1.50 bits per heavy atom. The molecule has 20 heavy (non-hydrogen) atoms. The molecule has 0 amide bonds. The minimum absolute atomic E-state index is 0.105. The fraction of sp³-hybridized carbons (Fsp3) is 0.125. The van der Waals surface area contributed by atoms with Gasteiger partial charge in [-0.25, -0.2) is 0 Å². The number of phenolic OH excluding ortho intramolecular Hbond substituents is 1. The van der Waals surface area contributed by atoms with E-state index in [9.17, 15) is 9.59 Å². The zero-order chi connectivity index (χ0) is 14.5. The first kappa shape index (κ1) is 14.3. The van der Waals surface area contributed by atoms with E-state index in [1.165, 1.54) is 24.3 Å². The lowest BCUT2D eigenvalue weighted by Gasteiger charge is -2.03. The number of ketones is 2. The van der Waals surface area contributed by atoms with Gasteiger partial charge in [0, 0.05) is 24.0 Å². The largest absolute Gasteiger partial charge is 0.508 e. The minimum Gasteiger partial charge on any atom is -0.508 e. The summed E-state index contributed by atoms with van der Waals surface area (Å²) in [6, 6.07) is 12.8. The summed E-state index contributed by atoms with van der Waals surface area (Å²) >= 11 is 5.94. The molecule has 102 valence electrons. The van der Waals surface area contributed by atoms with Gasteiger partial charge in [0.15, 0.2) is 11.6 Å². The van der Waals surface area contributed by atoms with Crippen LogP contribution in [0.5, 0.6) is 5.75 Å². The van der Waals surface area contributed by atoms with Crippen molar-refractivity contribution in [2.45, 2.75) is 12.8 Å². The van der Waals surface area contributed by atoms with Crippen molar-refractivity contribution in [3.8, 4) is 5.75 Å². The molecule has 0 saturated carbocycles. The molecule has 0 unspecified atom stereocenters. The third-order valence-electron chi connectivity index (χ3n) is 2.94. The second-order valence-electron chi connectivity index (χ2n) is 4.37. The van der Waals surface area contributed by atoms with Crippen LogP contribution in [0.1, 0.15) is 33.6 Å². The average molecular weight is 289 g/mol. The number of aromatic hydroxyl groups is 1. The lowest BCUT2D eigenvalue weighted by molar-refractivity contribution is 0.0917. The standard InChI is InChI=1S/C16H13ClO3/c17-14-4-2-1-3-13(14)16(20)10-9-15(19)11-5-7-12(18)8-6-11/h1-8,18H,9-10H2. The number of hydrogen-bond donors (Lipinski definition) is 1. The van der Waals surface area contributed by atoms with Gasteiger partial charge in [0.2, 0.25) is 0 Å². The van der Waals surface area contributed by atoms with Crippen LogP contribution >= 0.6 is 11.6 Å². The molecule has 0 aliphatic heterocycles. The van der Waals surface area contributed by atoms with E-state index >= 15 is 0 Å². The summed E-state index contributed by atoms with van der Waals surface area (Å²) in [5.41, 5.74) is 0.919. The van der Waals surface area contributed by atoms with Crippen molar-refractivity contribution in [2.24, 2.45) is 0 Å². The third-order valence-corrected chi connectivity index (χ3v) is 3.27. The van der Waals surface area contributed by atoms with Crippen LogP contribution in [0, 0.1) is 0 Å². The molecule has 0 aliphatic rings. The Hall–Kier alpha value is -2.13. The molecule has 2 aromatic rings. The summed E-state index contributed by atoms with van der Waals surface area (Å²) in [6.07, 6.45) is 0.234. The molecule has 0 atom stereocenters. The summed E-state index contributed by atoms with van der Waals surface area (Å²) in [5, 5.41) is 9.55. The van der Waals surface area contributed by atoms with Crippen molar-refractivity contribution in [3.05, 3.63) is 64.7 Å². The van der Waals surface area contributed by atoms with E-state index in [0.717, 1.165) is 0 Å². The van der Waals surface area contributed by atoms with Crippen LogP contribution in [0.4, 0.5) is 0 Å². The number of hydrogen-bond acceptors (Lipinski definition) is 3. The van der Waals surface area contributed by atoms with E-state index in [2.05, 4.69) is 0 Å². The Labute approximate surface area is 121 Å². The molecule has 2 rings (SSSR count). The lowest BCUT2D eigenvalue weighted by atomic mass is 10.0. The van der Waals surface area contributed by atoms with Gasteiger partial charge in [-0.2, -0.15) is 0 Å². The van der Waals surface area contributed by atoms with Crippen LogP contribution in [0.25, 0.3) is 0 Å². The Balaban J connectivity index is 1.99. The van der Waals surface area contributed by atoms with Gasteiger partial charge in [-0.3, -0.25) is 9.59 Å². The lowest BCUT2D eigenvalue weighted by Crippen LogP contribution is -2.05. The number of carbonyl (C=O) groups excluding carboxylic acids is 2. The normalized spacial score (nSPS) is 10.2. The van der Waals surface area contributed by atoms with E-state index in [1.807, 2.05) is 0 Å². The molecule has 2 aromatic carbocycles. The second kappa shape index (κ2) is 6.35. The molecule has 0 spiro atoms. The van der Waals surface area contributed by atoms with Crippen molar-refractivity contribution in [2.75, 3.05) is 0 Å². The molecule has 0 radical (unpaired) electrons. The molecule has 0 aliphatic carbocycles. The second-order valence-corrected chi connectivity index (χ2v) is 4.78. The van der Waals surface area contributed by atoms with Crippen LogP contribution < -0.4 is 0 Å². The highest BCUT2D eigenvalue weighted by atomic mass is 35.5. The maximum atomic E-state index is 12.0. The smallest absolute Gasteiger partial charge is 0.164 e. The highest BCUT2D eigenvalue weighted by Crippen LogP contribution is 2.18. The molecule has 0 fully saturated rings. The number of rotatable bonds is 5. The Bertz CT molecular complexity index is 632. The van der Waals surface area contributed by atoms with E-state index in [-0.39, 0.29) is 30.2 Å². The van der Waals surface area contributed by atoms with Gasteiger partial charge in [0.1, 0.15) is 5.75 Å². The quantitative estimate of drug-likeness (QED) is 0.849. The SMILES string of the molecule is O=C(CCC(=O)c1ccccc1Cl)c1ccc(O)cc1. The fourth-order valence-corrected chi connectivity index (χ4v) is 2.08. The van der Waals surface area contributed by atoms with Crippen LogP contribution in [0.15, 0.2) is 48.5 Å². The molecule has 1 N–H and O–H groups in total.